The van der Waals surface area contributed by atoms with Crippen molar-refractivity contribution in [1.82, 2.24) is 34.5 Å². The van der Waals surface area contributed by atoms with Crippen LogP contribution in [0.4, 0.5) is 5.95 Å². The Morgan fingerprint density at radius 1 is 1.32 bits per heavy atom. The van der Waals surface area contributed by atoms with Crippen molar-refractivity contribution in [2.45, 2.75) is 11.7 Å². The standard InChI is InChI=1S/C13H11BrN8O2S/c1-25(23,24)13-20-11-7(14)5-17-22(11)12(21-13)16-6-9-18-8-3-2-4-15-10(8)19-9/h2-5H,6H2,1H3,(H,15,18,19)(H,16,20,21). The lowest BCUT2D eigenvalue weighted by atomic mass is 10.4. The number of halogens is 1. The van der Waals surface area contributed by atoms with Crippen LogP contribution in [0.3, 0.4) is 0 Å². The second-order valence-corrected chi connectivity index (χ2v) is 8.01. The largest absolute Gasteiger partial charge is 0.347 e. The summed E-state index contributed by atoms with van der Waals surface area (Å²) in [5, 5.41) is 6.89. The number of pyridine rings is 1. The van der Waals surface area contributed by atoms with Gasteiger partial charge in [0.1, 0.15) is 5.82 Å². The fraction of sp³-hybridized carbons (Fsp3) is 0.154. The number of hydrogen-bond acceptors (Lipinski definition) is 8. The van der Waals surface area contributed by atoms with Gasteiger partial charge >= 0.3 is 0 Å². The Hall–Kier alpha value is -2.60. The molecule has 0 spiro atoms. The summed E-state index contributed by atoms with van der Waals surface area (Å²) in [5.41, 5.74) is 1.76. The minimum absolute atomic E-state index is 0.240. The van der Waals surface area contributed by atoms with Crippen LogP contribution in [0.15, 0.2) is 34.2 Å². The average molecular weight is 423 g/mol. The van der Waals surface area contributed by atoms with E-state index in [9.17, 15) is 8.42 Å². The molecule has 10 nitrogen and oxygen atoms in total. The summed E-state index contributed by atoms with van der Waals surface area (Å²) in [4.78, 5) is 19.7. The van der Waals surface area contributed by atoms with Crippen molar-refractivity contribution in [3.8, 4) is 0 Å². The molecule has 25 heavy (non-hydrogen) atoms. The number of anilines is 1. The number of aromatic nitrogens is 7. The van der Waals surface area contributed by atoms with Gasteiger partial charge in [0, 0.05) is 12.5 Å². The molecule has 0 amide bonds. The molecule has 128 valence electrons. The number of nitrogens with one attached hydrogen (secondary N) is 2. The van der Waals surface area contributed by atoms with Crippen LogP contribution in [0.25, 0.3) is 16.8 Å². The normalized spacial score (nSPS) is 12.1. The number of rotatable bonds is 4. The lowest BCUT2D eigenvalue weighted by Gasteiger charge is -2.07. The number of aromatic amines is 1. The molecule has 4 rings (SSSR count). The van der Waals surface area contributed by atoms with Gasteiger partial charge in [0.2, 0.25) is 15.8 Å². The zero-order chi connectivity index (χ0) is 17.6. The molecule has 0 aliphatic heterocycles. The molecule has 0 aromatic carbocycles. The van der Waals surface area contributed by atoms with Crippen molar-refractivity contribution in [2.24, 2.45) is 0 Å². The van der Waals surface area contributed by atoms with Gasteiger partial charge < -0.3 is 10.3 Å². The quantitative estimate of drug-likeness (QED) is 0.500. The summed E-state index contributed by atoms with van der Waals surface area (Å²) >= 11 is 3.30. The van der Waals surface area contributed by atoms with E-state index in [-0.39, 0.29) is 17.6 Å². The molecule has 0 fully saturated rings. The molecular weight excluding hydrogens is 412 g/mol. The first kappa shape index (κ1) is 15.9. The summed E-state index contributed by atoms with van der Waals surface area (Å²) in [7, 11) is -3.57. The van der Waals surface area contributed by atoms with Crippen LogP contribution < -0.4 is 5.32 Å². The second kappa shape index (κ2) is 5.74. The number of sulfone groups is 1. The van der Waals surface area contributed by atoms with Crippen molar-refractivity contribution < 1.29 is 8.42 Å². The van der Waals surface area contributed by atoms with Crippen LogP contribution in [0, 0.1) is 0 Å². The molecule has 0 aliphatic carbocycles. The summed E-state index contributed by atoms with van der Waals surface area (Å²) in [6.45, 7) is 0.281. The van der Waals surface area contributed by atoms with Crippen molar-refractivity contribution in [1.29, 1.82) is 0 Å². The first-order chi connectivity index (χ1) is 11.9. The van der Waals surface area contributed by atoms with Crippen LogP contribution >= 0.6 is 15.9 Å². The van der Waals surface area contributed by atoms with Crippen LogP contribution in [0.1, 0.15) is 5.82 Å². The van der Waals surface area contributed by atoms with Crippen molar-refractivity contribution in [3.63, 3.8) is 0 Å². The minimum Gasteiger partial charge on any atom is -0.347 e. The monoisotopic (exact) mass is 422 g/mol. The minimum atomic E-state index is -3.57. The maximum atomic E-state index is 11.8. The SMILES string of the molecule is CS(=O)(=O)c1nc(NCc2nc3ncccc3[nH]2)n2ncc(Br)c2n1. The van der Waals surface area contributed by atoms with Gasteiger partial charge in [0.15, 0.2) is 11.3 Å². The average Bonchev–Trinajstić information content (AvgIpc) is 3.15. The van der Waals surface area contributed by atoms with E-state index < -0.39 is 9.84 Å². The molecule has 2 N–H and O–H groups in total. The Labute approximate surface area is 149 Å². The number of hydrogen-bond donors (Lipinski definition) is 2. The van der Waals surface area contributed by atoms with Crippen LogP contribution in [0.2, 0.25) is 0 Å². The van der Waals surface area contributed by atoms with Crippen molar-refractivity contribution in [2.75, 3.05) is 11.6 Å². The van der Waals surface area contributed by atoms with E-state index in [2.05, 4.69) is 51.3 Å². The molecular formula is C13H11BrN8O2S. The highest BCUT2D eigenvalue weighted by Crippen LogP contribution is 2.20. The van der Waals surface area contributed by atoms with Gasteiger partial charge in [-0.2, -0.15) is 19.6 Å². The number of imidazole rings is 1. The highest BCUT2D eigenvalue weighted by molar-refractivity contribution is 9.10. The summed E-state index contributed by atoms with van der Waals surface area (Å²) < 4.78 is 25.6. The predicted octanol–water partition coefficient (Wildman–Crippen LogP) is 1.17. The smallest absolute Gasteiger partial charge is 0.252 e. The Morgan fingerprint density at radius 2 is 2.16 bits per heavy atom. The van der Waals surface area contributed by atoms with Gasteiger partial charge in [-0.05, 0) is 28.1 Å². The van der Waals surface area contributed by atoms with Crippen LogP contribution in [-0.2, 0) is 16.4 Å². The Kier molecular flexibility index (Phi) is 3.65. The molecule has 0 atom stereocenters. The van der Waals surface area contributed by atoms with E-state index in [0.717, 1.165) is 11.8 Å². The Balaban J connectivity index is 1.72. The molecule has 4 aromatic rings. The van der Waals surface area contributed by atoms with Crippen molar-refractivity contribution >= 4 is 48.5 Å². The fourth-order valence-electron chi connectivity index (χ4n) is 2.25. The van der Waals surface area contributed by atoms with E-state index in [1.165, 1.54) is 10.7 Å². The molecule has 0 saturated carbocycles. The van der Waals surface area contributed by atoms with E-state index in [1.54, 1.807) is 6.20 Å². The van der Waals surface area contributed by atoms with E-state index in [1.807, 2.05) is 12.1 Å². The summed E-state index contributed by atoms with van der Waals surface area (Å²) in [6, 6.07) is 3.68. The summed E-state index contributed by atoms with van der Waals surface area (Å²) in [6.07, 6.45) is 4.23. The number of fused-ring (bicyclic) bond motifs is 2. The fourth-order valence-corrected chi connectivity index (χ4v) is 3.11. The van der Waals surface area contributed by atoms with Gasteiger partial charge in [-0.25, -0.2) is 18.4 Å². The third-order valence-electron chi connectivity index (χ3n) is 3.36. The molecule has 0 unspecified atom stereocenters. The molecule has 4 heterocycles. The topological polar surface area (TPSA) is 131 Å². The third kappa shape index (κ3) is 2.93. The van der Waals surface area contributed by atoms with Gasteiger partial charge in [0.05, 0.1) is 22.7 Å². The number of H-pyrrole nitrogens is 1. The van der Waals surface area contributed by atoms with Gasteiger partial charge in [-0.3, -0.25) is 0 Å². The third-order valence-corrected chi connectivity index (χ3v) is 4.76. The zero-order valence-corrected chi connectivity index (χ0v) is 15.2. The molecule has 4 aromatic heterocycles. The maximum absolute atomic E-state index is 11.8. The summed E-state index contributed by atoms with van der Waals surface area (Å²) in [5.74, 6) is 0.872. The van der Waals surface area contributed by atoms with Crippen molar-refractivity contribution in [3.05, 3.63) is 34.8 Å². The van der Waals surface area contributed by atoms with Gasteiger partial charge in [0.25, 0.3) is 5.16 Å². The Bertz CT molecular complexity index is 1170. The van der Waals surface area contributed by atoms with Gasteiger partial charge in [-0.15, -0.1) is 0 Å². The first-order valence-electron chi connectivity index (χ1n) is 7.06. The molecule has 0 aliphatic rings. The molecule has 0 saturated heterocycles. The maximum Gasteiger partial charge on any atom is 0.252 e. The zero-order valence-electron chi connectivity index (χ0n) is 12.8. The number of nitrogens with zero attached hydrogens (tertiary/aromatic N) is 6. The van der Waals surface area contributed by atoms with Crippen LogP contribution in [-0.4, -0.2) is 49.2 Å². The van der Waals surface area contributed by atoms with E-state index >= 15 is 0 Å². The first-order valence-corrected chi connectivity index (χ1v) is 9.75. The van der Waals surface area contributed by atoms with Gasteiger partial charge in [-0.1, -0.05) is 0 Å². The van der Waals surface area contributed by atoms with E-state index in [4.69, 9.17) is 0 Å². The highest BCUT2D eigenvalue weighted by Gasteiger charge is 2.18. The molecule has 0 bridgehead atoms. The Morgan fingerprint density at radius 3 is 2.92 bits per heavy atom. The second-order valence-electron chi connectivity index (χ2n) is 5.24. The molecule has 12 heteroatoms. The van der Waals surface area contributed by atoms with E-state index in [0.29, 0.717) is 21.6 Å². The molecule has 0 radical (unpaired) electrons. The highest BCUT2D eigenvalue weighted by atomic mass is 79.9. The lowest BCUT2D eigenvalue weighted by molar-refractivity contribution is 0.592. The van der Waals surface area contributed by atoms with Crippen LogP contribution in [0.5, 0.6) is 0 Å². The lowest BCUT2D eigenvalue weighted by Crippen LogP contribution is -2.13. The predicted molar refractivity (Wildman–Crippen MR) is 92.8 cm³/mol.